The molecule has 2 aliphatic heterocycles. The Bertz CT molecular complexity index is 626. The third kappa shape index (κ3) is 4.31. The second-order valence-electron chi connectivity index (χ2n) is 7.30. The van der Waals surface area contributed by atoms with E-state index in [9.17, 15) is 9.59 Å². The lowest BCUT2D eigenvalue weighted by atomic mass is 9.96. The summed E-state index contributed by atoms with van der Waals surface area (Å²) in [5, 5.41) is 0. The van der Waals surface area contributed by atoms with Gasteiger partial charge in [0.15, 0.2) is 0 Å². The summed E-state index contributed by atoms with van der Waals surface area (Å²) in [5.74, 6) is 0.111. The first-order valence-electron chi connectivity index (χ1n) is 9.26. The second-order valence-corrected chi connectivity index (χ2v) is 7.30. The summed E-state index contributed by atoms with van der Waals surface area (Å²) in [7, 11) is 0. The van der Waals surface area contributed by atoms with Crippen molar-refractivity contribution in [2.24, 2.45) is 11.7 Å². The zero-order chi connectivity index (χ0) is 17.8. The minimum Gasteiger partial charge on any atom is -0.351 e. The molecule has 136 valence electrons. The number of piperazine rings is 1. The molecule has 2 aliphatic rings. The molecule has 0 unspecified atom stereocenters. The summed E-state index contributed by atoms with van der Waals surface area (Å²) in [4.78, 5) is 29.3. The zero-order valence-corrected chi connectivity index (χ0v) is 15.0. The molecule has 1 atom stereocenters. The molecule has 6 nitrogen and oxygen atoms in total. The SMILES string of the molecule is Cc1ccccc1C[NH+]1CCN(C(=O)[C@H]2CCCN(C(N)=O)C2)CC1. The molecule has 0 bridgehead atoms. The Labute approximate surface area is 149 Å². The van der Waals surface area contributed by atoms with E-state index in [1.807, 2.05) is 4.90 Å². The number of hydrogen-bond acceptors (Lipinski definition) is 2. The van der Waals surface area contributed by atoms with Crippen molar-refractivity contribution >= 4 is 11.9 Å². The average molecular weight is 345 g/mol. The Kier molecular flexibility index (Phi) is 5.58. The molecule has 0 spiro atoms. The van der Waals surface area contributed by atoms with Crippen LogP contribution in [0.2, 0.25) is 0 Å². The summed E-state index contributed by atoms with van der Waals surface area (Å²) in [6, 6.07) is 8.10. The highest BCUT2D eigenvalue weighted by Crippen LogP contribution is 2.19. The van der Waals surface area contributed by atoms with Crippen molar-refractivity contribution in [2.75, 3.05) is 39.3 Å². The Morgan fingerprint density at radius 2 is 1.88 bits per heavy atom. The van der Waals surface area contributed by atoms with Crippen LogP contribution >= 0.6 is 0 Å². The Hall–Kier alpha value is -2.08. The van der Waals surface area contributed by atoms with Gasteiger partial charge in [0, 0.05) is 18.7 Å². The van der Waals surface area contributed by atoms with Crippen molar-refractivity contribution in [3.05, 3.63) is 35.4 Å². The number of hydrogen-bond donors (Lipinski definition) is 2. The normalized spacial score (nSPS) is 22.0. The highest BCUT2D eigenvalue weighted by Gasteiger charge is 2.32. The van der Waals surface area contributed by atoms with Crippen LogP contribution in [0.4, 0.5) is 4.79 Å². The fourth-order valence-electron chi connectivity index (χ4n) is 3.93. The molecular formula is C19H29N4O2+. The number of carbonyl (C=O) groups excluding carboxylic acids is 2. The molecule has 2 fully saturated rings. The molecule has 0 aliphatic carbocycles. The van der Waals surface area contributed by atoms with Gasteiger partial charge in [-0.1, -0.05) is 24.3 Å². The molecule has 3 rings (SSSR count). The van der Waals surface area contributed by atoms with E-state index in [0.29, 0.717) is 13.1 Å². The number of nitrogens with two attached hydrogens (primary N) is 1. The van der Waals surface area contributed by atoms with Crippen molar-refractivity contribution in [3.8, 4) is 0 Å². The van der Waals surface area contributed by atoms with E-state index in [0.717, 1.165) is 45.6 Å². The van der Waals surface area contributed by atoms with Crippen molar-refractivity contribution in [1.29, 1.82) is 0 Å². The van der Waals surface area contributed by atoms with E-state index < -0.39 is 6.03 Å². The van der Waals surface area contributed by atoms with Crippen LogP contribution in [-0.4, -0.2) is 61.0 Å². The highest BCUT2D eigenvalue weighted by atomic mass is 16.2. The average Bonchev–Trinajstić information content (AvgIpc) is 2.64. The van der Waals surface area contributed by atoms with Crippen molar-refractivity contribution in [3.63, 3.8) is 0 Å². The highest BCUT2D eigenvalue weighted by molar-refractivity contribution is 5.80. The Balaban J connectivity index is 1.51. The third-order valence-corrected chi connectivity index (χ3v) is 5.57. The molecule has 0 saturated carbocycles. The van der Waals surface area contributed by atoms with Gasteiger partial charge in [0.25, 0.3) is 0 Å². The number of rotatable bonds is 3. The van der Waals surface area contributed by atoms with Gasteiger partial charge < -0.3 is 20.4 Å². The zero-order valence-electron chi connectivity index (χ0n) is 15.0. The number of aryl methyl sites for hydroxylation is 1. The standard InChI is InChI=1S/C19H28N4O2/c1-15-5-2-3-6-16(15)13-21-9-11-22(12-10-21)18(24)17-7-4-8-23(14-17)19(20)25/h2-3,5-6,17H,4,7-14H2,1H3,(H2,20,25)/p+1/t17-/m0/s1. The summed E-state index contributed by atoms with van der Waals surface area (Å²) in [5.41, 5.74) is 8.10. The van der Waals surface area contributed by atoms with Crippen LogP contribution in [0.15, 0.2) is 24.3 Å². The summed E-state index contributed by atoms with van der Waals surface area (Å²) in [6.07, 6.45) is 1.72. The number of benzene rings is 1. The van der Waals surface area contributed by atoms with Gasteiger partial charge in [0.05, 0.1) is 32.1 Å². The fraction of sp³-hybridized carbons (Fsp3) is 0.579. The van der Waals surface area contributed by atoms with E-state index >= 15 is 0 Å². The van der Waals surface area contributed by atoms with Crippen LogP contribution in [0.5, 0.6) is 0 Å². The second kappa shape index (κ2) is 7.87. The lowest BCUT2D eigenvalue weighted by Gasteiger charge is -2.37. The number of urea groups is 1. The number of amides is 3. The van der Waals surface area contributed by atoms with Crippen LogP contribution in [0.1, 0.15) is 24.0 Å². The number of piperidine rings is 1. The number of likely N-dealkylation sites (tertiary alicyclic amines) is 1. The maximum atomic E-state index is 12.8. The molecule has 2 heterocycles. The Morgan fingerprint density at radius 3 is 2.56 bits per heavy atom. The van der Waals surface area contributed by atoms with Gasteiger partial charge in [-0.3, -0.25) is 4.79 Å². The topological polar surface area (TPSA) is 71.1 Å². The van der Waals surface area contributed by atoms with Gasteiger partial charge in [-0.05, 0) is 25.3 Å². The number of carbonyl (C=O) groups is 2. The fourth-order valence-corrected chi connectivity index (χ4v) is 3.93. The van der Waals surface area contributed by atoms with Gasteiger partial charge in [0.2, 0.25) is 5.91 Å². The van der Waals surface area contributed by atoms with Gasteiger partial charge >= 0.3 is 6.03 Å². The van der Waals surface area contributed by atoms with Gasteiger partial charge in [-0.15, -0.1) is 0 Å². The van der Waals surface area contributed by atoms with Crippen LogP contribution in [0.25, 0.3) is 0 Å². The predicted octanol–water partition coefficient (Wildman–Crippen LogP) is 0.0128. The number of nitrogens with one attached hydrogen (secondary N) is 1. The summed E-state index contributed by atoms with van der Waals surface area (Å²) >= 11 is 0. The van der Waals surface area contributed by atoms with E-state index in [-0.39, 0.29) is 11.8 Å². The lowest BCUT2D eigenvalue weighted by molar-refractivity contribution is -0.917. The van der Waals surface area contributed by atoms with Crippen LogP contribution in [-0.2, 0) is 11.3 Å². The van der Waals surface area contributed by atoms with Crippen molar-refractivity contribution in [2.45, 2.75) is 26.3 Å². The van der Waals surface area contributed by atoms with Gasteiger partial charge in [0.1, 0.15) is 6.54 Å². The minimum absolute atomic E-state index is 0.0841. The summed E-state index contributed by atoms with van der Waals surface area (Å²) in [6.45, 7) is 7.88. The van der Waals surface area contributed by atoms with Crippen LogP contribution < -0.4 is 10.6 Å². The maximum Gasteiger partial charge on any atom is 0.314 e. The number of nitrogens with zero attached hydrogens (tertiary/aromatic N) is 2. The lowest BCUT2D eigenvalue weighted by Crippen LogP contribution is -3.13. The first kappa shape index (κ1) is 17.7. The quantitative estimate of drug-likeness (QED) is 0.810. The molecule has 2 saturated heterocycles. The maximum absolute atomic E-state index is 12.8. The van der Waals surface area contributed by atoms with Gasteiger partial charge in [-0.25, -0.2) is 4.79 Å². The van der Waals surface area contributed by atoms with E-state index in [4.69, 9.17) is 5.73 Å². The molecule has 3 amide bonds. The van der Waals surface area contributed by atoms with Gasteiger partial charge in [-0.2, -0.15) is 0 Å². The predicted molar refractivity (Wildman–Crippen MR) is 96.0 cm³/mol. The molecule has 0 radical (unpaired) electrons. The van der Waals surface area contributed by atoms with Crippen molar-refractivity contribution < 1.29 is 14.5 Å². The van der Waals surface area contributed by atoms with Crippen LogP contribution in [0, 0.1) is 12.8 Å². The molecule has 25 heavy (non-hydrogen) atoms. The largest absolute Gasteiger partial charge is 0.351 e. The molecule has 3 N–H and O–H groups in total. The monoisotopic (exact) mass is 345 g/mol. The third-order valence-electron chi connectivity index (χ3n) is 5.57. The van der Waals surface area contributed by atoms with Crippen LogP contribution in [0.3, 0.4) is 0 Å². The van der Waals surface area contributed by atoms with Crippen molar-refractivity contribution in [1.82, 2.24) is 9.80 Å². The Morgan fingerprint density at radius 1 is 1.16 bits per heavy atom. The number of primary amides is 1. The van der Waals surface area contributed by atoms with E-state index in [1.165, 1.54) is 16.0 Å². The van der Waals surface area contributed by atoms with E-state index in [2.05, 4.69) is 31.2 Å². The molecule has 6 heteroatoms. The van der Waals surface area contributed by atoms with E-state index in [1.54, 1.807) is 4.90 Å². The number of quaternary nitrogens is 1. The smallest absolute Gasteiger partial charge is 0.314 e. The molecule has 1 aromatic rings. The molecular weight excluding hydrogens is 316 g/mol. The molecule has 0 aromatic heterocycles. The molecule has 1 aromatic carbocycles. The first-order valence-corrected chi connectivity index (χ1v) is 9.26. The minimum atomic E-state index is -0.412. The first-order chi connectivity index (χ1) is 12.0. The summed E-state index contributed by atoms with van der Waals surface area (Å²) < 4.78 is 0.